The van der Waals surface area contributed by atoms with E-state index in [1.54, 1.807) is 48.5 Å². The number of rotatable bonds is 7. The molecule has 38 heavy (non-hydrogen) atoms. The Hall–Kier alpha value is -5.04. The third-order valence-electron chi connectivity index (χ3n) is 6.08. The highest BCUT2D eigenvalue weighted by Crippen LogP contribution is 2.26. The lowest BCUT2D eigenvalue weighted by Gasteiger charge is -2.26. The lowest BCUT2D eigenvalue weighted by molar-refractivity contribution is -0.122. The molecule has 0 spiro atoms. The van der Waals surface area contributed by atoms with Gasteiger partial charge in [-0.25, -0.2) is 14.1 Å². The Bertz CT molecular complexity index is 1530. The van der Waals surface area contributed by atoms with Gasteiger partial charge in [-0.05, 0) is 71.1 Å². The van der Waals surface area contributed by atoms with Gasteiger partial charge in [-0.1, -0.05) is 66.7 Å². The Morgan fingerprint density at radius 2 is 1.50 bits per heavy atom. The normalized spacial score (nSPS) is 14.5. The summed E-state index contributed by atoms with van der Waals surface area (Å²) < 4.78 is 19.5. The molecule has 0 bridgehead atoms. The number of hydrogen-bond acceptors (Lipinski definition) is 4. The average Bonchev–Trinajstić information content (AvgIpc) is 2.92. The third-order valence-corrected chi connectivity index (χ3v) is 6.08. The van der Waals surface area contributed by atoms with Gasteiger partial charge in [0.25, 0.3) is 11.8 Å². The topological polar surface area (TPSA) is 75.7 Å². The summed E-state index contributed by atoms with van der Waals surface area (Å²) in [5.74, 6) is -1.29. The molecule has 0 saturated carbocycles. The lowest BCUT2D eigenvalue weighted by Crippen LogP contribution is -2.54. The molecular formula is C31H23FN2O4. The summed E-state index contributed by atoms with van der Waals surface area (Å²) in [6, 6.07) is 28.8. The van der Waals surface area contributed by atoms with Crippen LogP contribution in [0, 0.1) is 5.82 Å². The molecule has 1 fully saturated rings. The summed E-state index contributed by atoms with van der Waals surface area (Å²) in [7, 11) is 0. The summed E-state index contributed by atoms with van der Waals surface area (Å²) in [6.45, 7) is 0.375. The zero-order valence-corrected chi connectivity index (χ0v) is 20.3. The highest BCUT2D eigenvalue weighted by atomic mass is 19.1. The molecule has 4 aromatic rings. The van der Waals surface area contributed by atoms with Crippen LogP contribution in [0.15, 0.2) is 109 Å². The molecule has 7 heteroatoms. The van der Waals surface area contributed by atoms with Crippen LogP contribution in [0.2, 0.25) is 0 Å². The highest BCUT2D eigenvalue weighted by Gasteiger charge is 2.36. The van der Waals surface area contributed by atoms with Crippen LogP contribution in [-0.4, -0.2) is 17.8 Å². The van der Waals surface area contributed by atoms with E-state index in [2.05, 4.69) is 5.32 Å². The van der Waals surface area contributed by atoms with Crippen molar-refractivity contribution in [2.45, 2.75) is 13.0 Å². The quantitative estimate of drug-likeness (QED) is 0.259. The maximum atomic E-state index is 13.7. The molecule has 4 aromatic carbocycles. The molecule has 0 atom stereocenters. The third kappa shape index (κ3) is 5.52. The van der Waals surface area contributed by atoms with Crippen molar-refractivity contribution in [3.8, 4) is 5.75 Å². The van der Waals surface area contributed by atoms with Crippen LogP contribution in [0.1, 0.15) is 22.3 Å². The molecule has 0 aliphatic carbocycles. The predicted molar refractivity (Wildman–Crippen MR) is 142 cm³/mol. The number of benzene rings is 4. The Kier molecular flexibility index (Phi) is 7.08. The number of ether oxygens (including phenoxy) is 1. The van der Waals surface area contributed by atoms with Crippen molar-refractivity contribution >= 4 is 29.6 Å². The molecule has 6 nitrogen and oxygen atoms in total. The molecule has 1 saturated heterocycles. The Balaban J connectivity index is 1.38. The van der Waals surface area contributed by atoms with Crippen molar-refractivity contribution in [1.29, 1.82) is 0 Å². The largest absolute Gasteiger partial charge is 0.489 e. The molecule has 5 rings (SSSR count). The summed E-state index contributed by atoms with van der Waals surface area (Å²) in [5.41, 5.74) is 3.30. The zero-order chi connectivity index (χ0) is 26.5. The van der Waals surface area contributed by atoms with Crippen LogP contribution in [-0.2, 0) is 22.6 Å². The molecule has 0 radical (unpaired) electrons. The van der Waals surface area contributed by atoms with E-state index in [4.69, 9.17) is 4.74 Å². The molecule has 1 heterocycles. The SMILES string of the molecule is O=C1NC(=O)N(c2ccc(OCc3ccccc3)cc2)C(=O)/C1=C/c1ccccc1Cc1cccc(F)c1. The fourth-order valence-electron chi connectivity index (χ4n) is 4.18. The number of anilines is 1. The van der Waals surface area contributed by atoms with Gasteiger partial charge in [0, 0.05) is 0 Å². The van der Waals surface area contributed by atoms with Crippen molar-refractivity contribution in [2.24, 2.45) is 0 Å². The number of imide groups is 2. The van der Waals surface area contributed by atoms with Gasteiger partial charge in [-0.2, -0.15) is 0 Å². The van der Waals surface area contributed by atoms with E-state index in [1.807, 2.05) is 42.5 Å². The summed E-state index contributed by atoms with van der Waals surface area (Å²) in [6.07, 6.45) is 1.86. The van der Waals surface area contributed by atoms with E-state index in [0.717, 1.165) is 21.6 Å². The van der Waals surface area contributed by atoms with Crippen LogP contribution < -0.4 is 15.0 Å². The van der Waals surface area contributed by atoms with Crippen molar-refractivity contribution in [1.82, 2.24) is 5.32 Å². The first-order valence-corrected chi connectivity index (χ1v) is 12.0. The molecular weight excluding hydrogens is 483 g/mol. The minimum atomic E-state index is -0.830. The fraction of sp³-hybridized carbons (Fsp3) is 0.0645. The molecule has 188 valence electrons. The van der Waals surface area contributed by atoms with Gasteiger partial charge in [0.05, 0.1) is 5.69 Å². The smallest absolute Gasteiger partial charge is 0.335 e. The summed E-state index contributed by atoms with van der Waals surface area (Å²) in [5, 5.41) is 2.24. The van der Waals surface area contributed by atoms with Crippen LogP contribution in [0.25, 0.3) is 6.08 Å². The number of carbonyl (C=O) groups excluding carboxylic acids is 3. The minimum absolute atomic E-state index is 0.180. The second kappa shape index (κ2) is 10.9. The second-order valence-corrected chi connectivity index (χ2v) is 8.73. The maximum Gasteiger partial charge on any atom is 0.335 e. The lowest BCUT2D eigenvalue weighted by atomic mass is 9.97. The first-order valence-electron chi connectivity index (χ1n) is 12.0. The van der Waals surface area contributed by atoms with Gasteiger partial charge in [0.15, 0.2) is 0 Å². The Labute approximate surface area is 219 Å². The van der Waals surface area contributed by atoms with E-state index in [9.17, 15) is 18.8 Å². The van der Waals surface area contributed by atoms with Crippen molar-refractivity contribution in [3.63, 3.8) is 0 Å². The summed E-state index contributed by atoms with van der Waals surface area (Å²) in [4.78, 5) is 39.6. The number of urea groups is 1. The van der Waals surface area contributed by atoms with E-state index in [1.165, 1.54) is 18.2 Å². The first-order chi connectivity index (χ1) is 18.5. The standard InChI is InChI=1S/C31H23FN2O4/c32-25-12-6-9-22(18-25)17-23-10-4-5-11-24(23)19-28-29(35)33-31(37)34(30(28)36)26-13-15-27(16-14-26)38-20-21-7-2-1-3-8-21/h1-16,18-19H,17,20H2,(H,33,35,37)/b28-19+. The second-order valence-electron chi connectivity index (χ2n) is 8.73. The van der Waals surface area contributed by atoms with Gasteiger partial charge < -0.3 is 4.74 Å². The minimum Gasteiger partial charge on any atom is -0.489 e. The van der Waals surface area contributed by atoms with Gasteiger partial charge >= 0.3 is 6.03 Å². The number of barbiturate groups is 1. The van der Waals surface area contributed by atoms with Crippen LogP contribution >= 0.6 is 0 Å². The van der Waals surface area contributed by atoms with Gasteiger partial charge in [0.2, 0.25) is 0 Å². The predicted octanol–water partition coefficient (Wildman–Crippen LogP) is 5.66. The number of halogens is 1. The monoisotopic (exact) mass is 506 g/mol. The van der Waals surface area contributed by atoms with Gasteiger partial charge in [0.1, 0.15) is 23.7 Å². The first kappa shape index (κ1) is 24.6. The van der Waals surface area contributed by atoms with Crippen LogP contribution in [0.4, 0.5) is 14.9 Å². The zero-order valence-electron chi connectivity index (χ0n) is 20.3. The number of nitrogens with zero attached hydrogens (tertiary/aromatic N) is 1. The summed E-state index contributed by atoms with van der Waals surface area (Å²) >= 11 is 0. The van der Waals surface area contributed by atoms with Crippen molar-refractivity contribution in [3.05, 3.63) is 137 Å². The average molecular weight is 507 g/mol. The number of carbonyl (C=O) groups is 3. The number of nitrogens with one attached hydrogen (secondary N) is 1. The van der Waals surface area contributed by atoms with Gasteiger partial charge in [-0.15, -0.1) is 0 Å². The van der Waals surface area contributed by atoms with Crippen molar-refractivity contribution in [2.75, 3.05) is 4.90 Å². The van der Waals surface area contributed by atoms with E-state index in [0.29, 0.717) is 30.0 Å². The molecule has 0 unspecified atom stereocenters. The fourth-order valence-corrected chi connectivity index (χ4v) is 4.18. The number of hydrogen-bond donors (Lipinski definition) is 1. The molecule has 1 N–H and O–H groups in total. The van der Waals surface area contributed by atoms with Gasteiger partial charge in [-0.3, -0.25) is 14.9 Å². The Morgan fingerprint density at radius 3 is 2.26 bits per heavy atom. The van der Waals surface area contributed by atoms with Crippen LogP contribution in [0.5, 0.6) is 5.75 Å². The van der Waals surface area contributed by atoms with E-state index < -0.39 is 17.8 Å². The highest BCUT2D eigenvalue weighted by molar-refractivity contribution is 6.39. The molecule has 0 aromatic heterocycles. The van der Waals surface area contributed by atoms with E-state index >= 15 is 0 Å². The molecule has 4 amide bonds. The van der Waals surface area contributed by atoms with E-state index in [-0.39, 0.29) is 11.4 Å². The number of amides is 4. The van der Waals surface area contributed by atoms with Crippen LogP contribution in [0.3, 0.4) is 0 Å². The maximum absolute atomic E-state index is 13.7. The Morgan fingerprint density at radius 1 is 0.789 bits per heavy atom. The molecule has 1 aliphatic rings. The molecule has 1 aliphatic heterocycles. The van der Waals surface area contributed by atoms with Crippen molar-refractivity contribution < 1.29 is 23.5 Å².